The Bertz CT molecular complexity index is 449. The Morgan fingerprint density at radius 3 is 2.78 bits per heavy atom. The van der Waals surface area contributed by atoms with E-state index in [9.17, 15) is 4.79 Å². The Balaban J connectivity index is 2.39. The second kappa shape index (κ2) is 7.48. The Labute approximate surface area is 121 Å². The predicted octanol–water partition coefficient (Wildman–Crippen LogP) is 2.94. The van der Waals surface area contributed by atoms with Crippen molar-refractivity contribution >= 4 is 39.0 Å². The predicted molar refractivity (Wildman–Crippen MR) is 81.8 cm³/mol. The van der Waals surface area contributed by atoms with E-state index in [1.807, 2.05) is 25.1 Å². The fourth-order valence-corrected chi connectivity index (χ4v) is 2.22. The van der Waals surface area contributed by atoms with Crippen molar-refractivity contribution < 1.29 is 4.79 Å². The third-order valence-corrected chi connectivity index (χ3v) is 3.27. The Hall–Kier alpha value is -0.940. The summed E-state index contributed by atoms with van der Waals surface area (Å²) in [4.78, 5) is 12.4. The van der Waals surface area contributed by atoms with Gasteiger partial charge in [-0.1, -0.05) is 28.1 Å². The van der Waals surface area contributed by atoms with Crippen LogP contribution in [0, 0.1) is 6.92 Å². The maximum absolute atomic E-state index is 11.9. The molecule has 18 heavy (non-hydrogen) atoms. The SMILES string of the molecule is Cc1cc(Br)ccc1C(=O)NCCCCC(N)=S. The van der Waals surface area contributed by atoms with Gasteiger partial charge in [0.2, 0.25) is 0 Å². The molecule has 1 aromatic carbocycles. The molecule has 0 saturated heterocycles. The summed E-state index contributed by atoms with van der Waals surface area (Å²) in [5.41, 5.74) is 7.08. The van der Waals surface area contributed by atoms with Crippen LogP contribution in [0.25, 0.3) is 0 Å². The van der Waals surface area contributed by atoms with Gasteiger partial charge in [-0.15, -0.1) is 0 Å². The molecule has 0 heterocycles. The Morgan fingerprint density at radius 2 is 2.17 bits per heavy atom. The molecule has 1 rings (SSSR count). The second-order valence-corrected chi connectivity index (χ2v) is 5.58. The average molecular weight is 329 g/mol. The van der Waals surface area contributed by atoms with Crippen LogP contribution in [0.4, 0.5) is 0 Å². The third-order valence-electron chi connectivity index (χ3n) is 2.57. The minimum absolute atomic E-state index is 0.0321. The first-order valence-corrected chi connectivity index (χ1v) is 7.03. The lowest BCUT2D eigenvalue weighted by atomic mass is 10.1. The van der Waals surface area contributed by atoms with E-state index in [1.165, 1.54) is 0 Å². The number of benzene rings is 1. The summed E-state index contributed by atoms with van der Waals surface area (Å²) in [6.45, 7) is 2.57. The van der Waals surface area contributed by atoms with E-state index < -0.39 is 0 Å². The van der Waals surface area contributed by atoms with E-state index in [-0.39, 0.29) is 5.91 Å². The summed E-state index contributed by atoms with van der Waals surface area (Å²) in [5.74, 6) is -0.0321. The number of aryl methyl sites for hydroxylation is 1. The van der Waals surface area contributed by atoms with Gasteiger partial charge >= 0.3 is 0 Å². The molecule has 0 atom stereocenters. The zero-order valence-electron chi connectivity index (χ0n) is 10.3. The van der Waals surface area contributed by atoms with E-state index in [0.29, 0.717) is 17.1 Å². The molecule has 1 amide bonds. The summed E-state index contributed by atoms with van der Waals surface area (Å²) >= 11 is 8.16. The summed E-state index contributed by atoms with van der Waals surface area (Å²) in [6.07, 6.45) is 2.54. The molecule has 0 unspecified atom stereocenters. The largest absolute Gasteiger partial charge is 0.393 e. The molecule has 3 nitrogen and oxygen atoms in total. The lowest BCUT2D eigenvalue weighted by molar-refractivity contribution is 0.0952. The van der Waals surface area contributed by atoms with Crippen LogP contribution in [0.2, 0.25) is 0 Å². The van der Waals surface area contributed by atoms with Gasteiger partial charge in [0.1, 0.15) is 0 Å². The van der Waals surface area contributed by atoms with E-state index in [0.717, 1.165) is 29.3 Å². The van der Waals surface area contributed by atoms with Gasteiger partial charge in [-0.25, -0.2) is 0 Å². The van der Waals surface area contributed by atoms with Gasteiger partial charge < -0.3 is 11.1 Å². The van der Waals surface area contributed by atoms with Crippen LogP contribution in [-0.4, -0.2) is 17.4 Å². The van der Waals surface area contributed by atoms with Crippen molar-refractivity contribution in [2.75, 3.05) is 6.54 Å². The first kappa shape index (κ1) is 15.1. The lowest BCUT2D eigenvalue weighted by Crippen LogP contribution is -2.25. The van der Waals surface area contributed by atoms with Crippen molar-refractivity contribution in [3.63, 3.8) is 0 Å². The van der Waals surface area contributed by atoms with Crippen molar-refractivity contribution in [2.24, 2.45) is 5.73 Å². The molecule has 0 aliphatic carbocycles. The molecule has 0 spiro atoms. The van der Waals surface area contributed by atoms with Crippen molar-refractivity contribution in [1.82, 2.24) is 5.32 Å². The molecule has 0 fully saturated rings. The van der Waals surface area contributed by atoms with Crippen LogP contribution in [0.5, 0.6) is 0 Å². The monoisotopic (exact) mass is 328 g/mol. The molecule has 0 aliphatic rings. The van der Waals surface area contributed by atoms with Crippen LogP contribution in [0.3, 0.4) is 0 Å². The van der Waals surface area contributed by atoms with Crippen molar-refractivity contribution in [1.29, 1.82) is 0 Å². The number of unbranched alkanes of at least 4 members (excludes halogenated alkanes) is 1. The fourth-order valence-electron chi connectivity index (χ4n) is 1.60. The number of carbonyl (C=O) groups is 1. The summed E-state index contributed by atoms with van der Waals surface area (Å²) in [6, 6.07) is 5.63. The van der Waals surface area contributed by atoms with Crippen molar-refractivity contribution in [2.45, 2.75) is 26.2 Å². The minimum atomic E-state index is -0.0321. The maximum Gasteiger partial charge on any atom is 0.251 e. The number of nitrogens with two attached hydrogens (primary N) is 1. The summed E-state index contributed by atoms with van der Waals surface area (Å²) in [5, 5.41) is 2.89. The highest BCUT2D eigenvalue weighted by molar-refractivity contribution is 9.10. The van der Waals surface area contributed by atoms with Gasteiger partial charge in [-0.3, -0.25) is 4.79 Å². The molecule has 5 heteroatoms. The second-order valence-electron chi connectivity index (χ2n) is 4.14. The fraction of sp³-hybridized carbons (Fsp3) is 0.385. The minimum Gasteiger partial charge on any atom is -0.393 e. The highest BCUT2D eigenvalue weighted by Crippen LogP contribution is 2.15. The number of rotatable bonds is 6. The summed E-state index contributed by atoms with van der Waals surface area (Å²) < 4.78 is 0.980. The lowest BCUT2D eigenvalue weighted by Gasteiger charge is -2.07. The molecule has 0 bridgehead atoms. The maximum atomic E-state index is 11.9. The van der Waals surface area contributed by atoms with Crippen LogP contribution < -0.4 is 11.1 Å². The first-order chi connectivity index (χ1) is 8.50. The number of carbonyl (C=O) groups excluding carboxylic acids is 1. The van der Waals surface area contributed by atoms with Crippen LogP contribution in [0.15, 0.2) is 22.7 Å². The number of thiocarbonyl (C=S) groups is 1. The topological polar surface area (TPSA) is 55.1 Å². The third kappa shape index (κ3) is 5.14. The number of nitrogens with one attached hydrogen (secondary N) is 1. The normalized spacial score (nSPS) is 10.1. The van der Waals surface area contributed by atoms with E-state index >= 15 is 0 Å². The molecular formula is C13H17BrN2OS. The molecule has 0 radical (unpaired) electrons. The van der Waals surface area contributed by atoms with E-state index in [1.54, 1.807) is 0 Å². The van der Waals surface area contributed by atoms with Crippen LogP contribution in [0.1, 0.15) is 35.2 Å². The zero-order chi connectivity index (χ0) is 13.5. The molecule has 3 N–H and O–H groups in total. The highest BCUT2D eigenvalue weighted by Gasteiger charge is 2.08. The van der Waals surface area contributed by atoms with Gasteiger partial charge in [-0.05, 0) is 49.9 Å². The quantitative estimate of drug-likeness (QED) is 0.623. The number of hydrogen-bond acceptors (Lipinski definition) is 2. The van der Waals surface area contributed by atoms with Crippen molar-refractivity contribution in [3.05, 3.63) is 33.8 Å². The van der Waals surface area contributed by atoms with Crippen molar-refractivity contribution in [3.8, 4) is 0 Å². The van der Waals surface area contributed by atoms with Crippen LogP contribution >= 0.6 is 28.1 Å². The average Bonchev–Trinajstić information content (AvgIpc) is 2.27. The highest BCUT2D eigenvalue weighted by atomic mass is 79.9. The van der Waals surface area contributed by atoms with Crippen LogP contribution in [-0.2, 0) is 0 Å². The van der Waals surface area contributed by atoms with Gasteiger partial charge in [-0.2, -0.15) is 0 Å². The Morgan fingerprint density at radius 1 is 1.44 bits per heavy atom. The summed E-state index contributed by atoms with van der Waals surface area (Å²) in [7, 11) is 0. The van der Waals surface area contributed by atoms with E-state index in [4.69, 9.17) is 18.0 Å². The standard InChI is InChI=1S/C13H17BrN2OS/c1-9-8-10(14)5-6-11(9)13(17)16-7-3-2-4-12(15)18/h5-6,8H,2-4,7H2,1H3,(H2,15,18)(H,16,17). The van der Waals surface area contributed by atoms with Gasteiger partial charge in [0.15, 0.2) is 0 Å². The molecule has 0 aromatic heterocycles. The number of amides is 1. The molecular weight excluding hydrogens is 312 g/mol. The number of hydrogen-bond donors (Lipinski definition) is 2. The van der Waals surface area contributed by atoms with Gasteiger partial charge in [0, 0.05) is 16.6 Å². The Kier molecular flexibility index (Phi) is 6.29. The smallest absolute Gasteiger partial charge is 0.251 e. The first-order valence-electron chi connectivity index (χ1n) is 5.83. The zero-order valence-corrected chi connectivity index (χ0v) is 12.7. The molecule has 1 aromatic rings. The number of halogens is 1. The van der Waals surface area contributed by atoms with Gasteiger partial charge in [0.25, 0.3) is 5.91 Å². The molecule has 98 valence electrons. The van der Waals surface area contributed by atoms with Gasteiger partial charge in [0.05, 0.1) is 4.99 Å². The molecule has 0 aliphatic heterocycles. The molecule has 0 saturated carbocycles. The van der Waals surface area contributed by atoms with E-state index in [2.05, 4.69) is 21.2 Å².